The highest BCUT2D eigenvalue weighted by Gasteiger charge is 2.18. The lowest BCUT2D eigenvalue weighted by molar-refractivity contribution is 0.0987. The molecule has 5 heteroatoms. The summed E-state index contributed by atoms with van der Waals surface area (Å²) >= 11 is 5.52. The molecule has 0 aliphatic carbocycles. The summed E-state index contributed by atoms with van der Waals surface area (Å²) < 4.78 is 14.7. The van der Waals surface area contributed by atoms with Crippen molar-refractivity contribution in [1.29, 1.82) is 0 Å². The molecule has 0 aromatic heterocycles. The molecule has 0 unspecified atom stereocenters. The zero-order valence-electron chi connectivity index (χ0n) is 10.7. The van der Waals surface area contributed by atoms with Crippen molar-refractivity contribution in [2.75, 3.05) is 11.4 Å². The zero-order chi connectivity index (χ0) is 14.7. The predicted molar refractivity (Wildman–Crippen MR) is 90.6 cm³/mol. The molecule has 0 heterocycles. The maximum Gasteiger partial charge on any atom is 0.259 e. The van der Waals surface area contributed by atoms with E-state index in [1.165, 1.54) is 12.1 Å². The number of amides is 1. The zero-order valence-corrected chi connectivity index (χ0v) is 14.5. The van der Waals surface area contributed by atoms with E-state index in [0.717, 1.165) is 8.04 Å². The van der Waals surface area contributed by atoms with Gasteiger partial charge in [-0.1, -0.05) is 15.9 Å². The van der Waals surface area contributed by atoms with Crippen LogP contribution in [0.3, 0.4) is 0 Å². The molecule has 0 radical (unpaired) electrons. The van der Waals surface area contributed by atoms with Gasteiger partial charge in [-0.25, -0.2) is 4.39 Å². The van der Waals surface area contributed by atoms with Gasteiger partial charge in [0.2, 0.25) is 0 Å². The summed E-state index contributed by atoms with van der Waals surface area (Å²) in [5, 5.41) is 0. The molecule has 1 amide bonds. The predicted octanol–water partition coefficient (Wildman–Crippen LogP) is 4.86. The molecule has 2 aromatic carbocycles. The van der Waals surface area contributed by atoms with Crippen molar-refractivity contribution >= 4 is 50.1 Å². The lowest BCUT2D eigenvalue weighted by Crippen LogP contribution is -2.31. The van der Waals surface area contributed by atoms with Gasteiger partial charge in [0.1, 0.15) is 5.82 Å². The van der Waals surface area contributed by atoms with Crippen molar-refractivity contribution in [3.05, 3.63) is 61.9 Å². The number of halogens is 3. The van der Waals surface area contributed by atoms with Crippen molar-refractivity contribution in [3.63, 3.8) is 0 Å². The van der Waals surface area contributed by atoms with Crippen LogP contribution in [-0.2, 0) is 0 Å². The van der Waals surface area contributed by atoms with E-state index >= 15 is 0 Å². The fraction of sp³-hybridized carbons (Fsp3) is 0.133. The summed E-state index contributed by atoms with van der Waals surface area (Å²) in [5.41, 5.74) is 1.32. The Morgan fingerprint density at radius 1 is 1.25 bits per heavy atom. The summed E-state index contributed by atoms with van der Waals surface area (Å²) in [6, 6.07) is 11.5. The van der Waals surface area contributed by atoms with E-state index in [2.05, 4.69) is 38.5 Å². The van der Waals surface area contributed by atoms with Gasteiger partial charge < -0.3 is 4.90 Å². The minimum Gasteiger partial charge on any atom is -0.309 e. The molecule has 20 heavy (non-hydrogen) atoms. The van der Waals surface area contributed by atoms with Crippen molar-refractivity contribution in [3.8, 4) is 0 Å². The number of anilines is 1. The first kappa shape index (κ1) is 15.4. The van der Waals surface area contributed by atoms with Gasteiger partial charge in [0.25, 0.3) is 5.91 Å². The van der Waals surface area contributed by atoms with Crippen LogP contribution in [0.25, 0.3) is 0 Å². The molecule has 0 aliphatic rings. The number of carbonyl (C=O) groups is 1. The van der Waals surface area contributed by atoms with E-state index in [1.54, 1.807) is 23.1 Å². The molecule has 0 spiro atoms. The van der Waals surface area contributed by atoms with Crippen LogP contribution in [0.4, 0.5) is 10.1 Å². The Labute approximate surface area is 139 Å². The van der Waals surface area contributed by atoms with Gasteiger partial charge in [-0.3, -0.25) is 4.79 Å². The first-order chi connectivity index (χ1) is 9.52. The Bertz CT molecular complexity index is 630. The Hall–Kier alpha value is -0.950. The third-order valence-electron chi connectivity index (χ3n) is 2.86. The first-order valence-corrected chi connectivity index (χ1v) is 7.92. The minimum absolute atomic E-state index is 0.0928. The second-order valence-corrected chi connectivity index (χ2v) is 6.23. The van der Waals surface area contributed by atoms with Gasteiger partial charge in [-0.15, -0.1) is 0 Å². The molecule has 0 atom stereocenters. The molecular weight excluding hydrogens is 436 g/mol. The average molecular weight is 448 g/mol. The van der Waals surface area contributed by atoms with Crippen molar-refractivity contribution in [2.45, 2.75) is 6.92 Å². The van der Waals surface area contributed by atoms with Gasteiger partial charge in [-0.05, 0) is 72.0 Å². The van der Waals surface area contributed by atoms with E-state index in [-0.39, 0.29) is 11.7 Å². The topological polar surface area (TPSA) is 20.3 Å². The lowest BCUT2D eigenvalue weighted by atomic mass is 10.2. The largest absolute Gasteiger partial charge is 0.309 e. The van der Waals surface area contributed by atoms with Crippen molar-refractivity contribution in [1.82, 2.24) is 0 Å². The van der Waals surface area contributed by atoms with Crippen LogP contribution in [-0.4, -0.2) is 12.5 Å². The van der Waals surface area contributed by atoms with Crippen LogP contribution in [0.1, 0.15) is 17.3 Å². The highest BCUT2D eigenvalue weighted by atomic mass is 127. The Morgan fingerprint density at radius 3 is 2.50 bits per heavy atom. The first-order valence-electron chi connectivity index (χ1n) is 6.05. The quantitative estimate of drug-likeness (QED) is 0.615. The smallest absolute Gasteiger partial charge is 0.259 e. The standard InChI is InChI=1S/C15H12BrFINO/c1-2-19(12-6-4-11(17)5-7-12)15(20)13-9-10(16)3-8-14(13)18/h3-9H,2H2,1H3. The molecule has 0 saturated carbocycles. The van der Waals surface area contributed by atoms with E-state index in [0.29, 0.717) is 17.8 Å². The second-order valence-electron chi connectivity index (χ2n) is 4.15. The maximum atomic E-state index is 13.0. The van der Waals surface area contributed by atoms with Gasteiger partial charge >= 0.3 is 0 Å². The molecule has 0 N–H and O–H groups in total. The van der Waals surface area contributed by atoms with Crippen LogP contribution in [0.2, 0.25) is 0 Å². The molecule has 0 bridgehead atoms. The van der Waals surface area contributed by atoms with E-state index < -0.39 is 0 Å². The Balaban J connectivity index is 2.38. The highest BCUT2D eigenvalue weighted by molar-refractivity contribution is 14.1. The van der Waals surface area contributed by atoms with Crippen molar-refractivity contribution < 1.29 is 9.18 Å². The highest BCUT2D eigenvalue weighted by Crippen LogP contribution is 2.23. The number of hydrogen-bond acceptors (Lipinski definition) is 1. The number of nitrogens with zero attached hydrogens (tertiary/aromatic N) is 1. The summed E-state index contributed by atoms with van der Waals surface area (Å²) in [4.78, 5) is 14.3. The number of carbonyl (C=O) groups excluding carboxylic acids is 1. The molecular formula is C15H12BrFINO. The van der Waals surface area contributed by atoms with Crippen molar-refractivity contribution in [2.24, 2.45) is 0 Å². The van der Waals surface area contributed by atoms with Crippen LogP contribution in [0.15, 0.2) is 46.9 Å². The SMILES string of the molecule is CCN(C(=O)c1cc(Br)ccc1I)c1ccc(F)cc1. The molecule has 2 rings (SSSR count). The molecule has 0 aliphatic heterocycles. The van der Waals surface area contributed by atoms with Crippen LogP contribution in [0, 0.1) is 9.39 Å². The van der Waals surface area contributed by atoms with Gasteiger partial charge in [0.15, 0.2) is 0 Å². The van der Waals surface area contributed by atoms with Gasteiger partial charge in [0, 0.05) is 20.3 Å². The second kappa shape index (κ2) is 6.67. The van der Waals surface area contributed by atoms with Crippen LogP contribution >= 0.6 is 38.5 Å². The van der Waals surface area contributed by atoms with Crippen LogP contribution < -0.4 is 4.90 Å². The monoisotopic (exact) mass is 447 g/mol. The summed E-state index contributed by atoms with van der Waals surface area (Å²) in [7, 11) is 0. The van der Waals surface area contributed by atoms with Gasteiger partial charge in [-0.2, -0.15) is 0 Å². The Kier molecular flexibility index (Phi) is 5.15. The summed E-state index contributed by atoms with van der Waals surface area (Å²) in [6.45, 7) is 2.42. The third-order valence-corrected chi connectivity index (χ3v) is 4.29. The number of benzene rings is 2. The minimum atomic E-state index is -0.311. The normalized spacial score (nSPS) is 10.4. The van der Waals surface area contributed by atoms with Gasteiger partial charge in [0.05, 0.1) is 5.56 Å². The number of hydrogen-bond donors (Lipinski definition) is 0. The fourth-order valence-electron chi connectivity index (χ4n) is 1.87. The molecule has 0 saturated heterocycles. The van der Waals surface area contributed by atoms with Crippen LogP contribution in [0.5, 0.6) is 0 Å². The molecule has 2 aromatic rings. The van der Waals surface area contributed by atoms with E-state index in [1.807, 2.05) is 19.1 Å². The number of rotatable bonds is 3. The lowest BCUT2D eigenvalue weighted by Gasteiger charge is -2.21. The maximum absolute atomic E-state index is 13.0. The average Bonchev–Trinajstić information content (AvgIpc) is 2.44. The third kappa shape index (κ3) is 3.38. The Morgan fingerprint density at radius 2 is 1.90 bits per heavy atom. The fourth-order valence-corrected chi connectivity index (χ4v) is 2.80. The van der Waals surface area contributed by atoms with E-state index in [9.17, 15) is 9.18 Å². The summed E-state index contributed by atoms with van der Waals surface area (Å²) in [5.74, 6) is -0.404. The molecule has 2 nitrogen and oxygen atoms in total. The summed E-state index contributed by atoms with van der Waals surface area (Å²) in [6.07, 6.45) is 0. The van der Waals surface area contributed by atoms with E-state index in [4.69, 9.17) is 0 Å². The molecule has 0 fully saturated rings. The molecule has 104 valence electrons.